The Morgan fingerprint density at radius 1 is 1.21 bits per heavy atom. The average molecular weight is 343 g/mol. The largest absolute Gasteiger partial charge is 0.322 e. The van der Waals surface area contributed by atoms with Gasteiger partial charge in [0.1, 0.15) is 5.69 Å². The lowest BCUT2D eigenvalue weighted by atomic mass is 10.1. The Labute approximate surface area is 141 Å². The first-order chi connectivity index (χ1) is 11.5. The van der Waals surface area contributed by atoms with Crippen LogP contribution in [-0.4, -0.2) is 20.6 Å². The van der Waals surface area contributed by atoms with Crippen molar-refractivity contribution < 1.29 is 9.72 Å². The van der Waals surface area contributed by atoms with E-state index in [0.29, 0.717) is 10.7 Å². The van der Waals surface area contributed by atoms with Crippen LogP contribution in [0.2, 0.25) is 5.02 Å². The Morgan fingerprint density at radius 3 is 2.71 bits per heavy atom. The number of carbonyl (C=O) groups is 1. The highest BCUT2D eigenvalue weighted by Crippen LogP contribution is 2.24. The number of nitrogens with one attached hydrogen (secondary N) is 1. The first-order valence-electron chi connectivity index (χ1n) is 6.90. The standard InChI is InChI=1S/C16H11ClN4O3/c17-12-3-1-4-13(10-12)19-16(22)11-5-6-14(15(9-11)21(23)24)20-8-2-7-18-20/h1-10H,(H,19,22). The minimum atomic E-state index is -0.548. The van der Waals surface area contributed by atoms with Crippen LogP contribution in [0.1, 0.15) is 10.4 Å². The number of amides is 1. The topological polar surface area (TPSA) is 90.1 Å². The highest BCUT2D eigenvalue weighted by atomic mass is 35.5. The number of nitrogens with zero attached hydrogens (tertiary/aromatic N) is 3. The molecule has 3 aromatic rings. The number of hydrogen-bond acceptors (Lipinski definition) is 4. The molecule has 7 nitrogen and oxygen atoms in total. The number of nitro benzene ring substituents is 1. The van der Waals surface area contributed by atoms with E-state index in [1.165, 1.54) is 29.1 Å². The highest BCUT2D eigenvalue weighted by molar-refractivity contribution is 6.31. The van der Waals surface area contributed by atoms with E-state index in [2.05, 4.69) is 10.4 Å². The number of carbonyl (C=O) groups excluding carboxylic acids is 1. The molecule has 1 heterocycles. The third-order valence-corrected chi connectivity index (χ3v) is 3.50. The van der Waals surface area contributed by atoms with Crippen molar-refractivity contribution in [1.29, 1.82) is 0 Å². The zero-order chi connectivity index (χ0) is 17.1. The summed E-state index contributed by atoms with van der Waals surface area (Å²) in [6, 6.07) is 12.5. The van der Waals surface area contributed by atoms with Crippen LogP contribution in [0, 0.1) is 10.1 Å². The van der Waals surface area contributed by atoms with Crippen molar-refractivity contribution in [1.82, 2.24) is 9.78 Å². The Bertz CT molecular complexity index is 909. The zero-order valence-corrected chi connectivity index (χ0v) is 13.0. The monoisotopic (exact) mass is 342 g/mol. The fraction of sp³-hybridized carbons (Fsp3) is 0. The molecule has 24 heavy (non-hydrogen) atoms. The SMILES string of the molecule is O=C(Nc1cccc(Cl)c1)c1ccc(-n2cccn2)c([N+](=O)[O-])c1. The summed E-state index contributed by atoms with van der Waals surface area (Å²) in [4.78, 5) is 23.1. The summed E-state index contributed by atoms with van der Waals surface area (Å²) in [5, 5.41) is 18.4. The zero-order valence-electron chi connectivity index (χ0n) is 12.2. The lowest BCUT2D eigenvalue weighted by Crippen LogP contribution is -2.13. The molecule has 0 aliphatic rings. The van der Waals surface area contributed by atoms with Crippen molar-refractivity contribution in [2.45, 2.75) is 0 Å². The fourth-order valence-corrected chi connectivity index (χ4v) is 2.38. The van der Waals surface area contributed by atoms with Crippen molar-refractivity contribution in [2.75, 3.05) is 5.32 Å². The Balaban J connectivity index is 1.93. The van der Waals surface area contributed by atoms with Gasteiger partial charge in [0.15, 0.2) is 0 Å². The molecule has 8 heteroatoms. The summed E-state index contributed by atoms with van der Waals surface area (Å²) >= 11 is 5.87. The number of hydrogen-bond donors (Lipinski definition) is 1. The van der Waals surface area contributed by atoms with Crippen LogP contribution in [0.3, 0.4) is 0 Å². The Kier molecular flexibility index (Phi) is 4.26. The van der Waals surface area contributed by atoms with E-state index >= 15 is 0 Å². The van der Waals surface area contributed by atoms with Gasteiger partial charge in [-0.25, -0.2) is 4.68 Å². The van der Waals surface area contributed by atoms with Gasteiger partial charge in [-0.3, -0.25) is 14.9 Å². The maximum Gasteiger partial charge on any atom is 0.295 e. The van der Waals surface area contributed by atoms with Gasteiger partial charge < -0.3 is 5.32 Å². The van der Waals surface area contributed by atoms with Crippen LogP contribution in [0.25, 0.3) is 5.69 Å². The van der Waals surface area contributed by atoms with Crippen LogP contribution < -0.4 is 5.32 Å². The number of rotatable bonds is 4. The van der Waals surface area contributed by atoms with Gasteiger partial charge >= 0.3 is 0 Å². The van der Waals surface area contributed by atoms with Gasteiger partial charge in [-0.05, 0) is 36.4 Å². The summed E-state index contributed by atoms with van der Waals surface area (Å²) in [7, 11) is 0. The van der Waals surface area contributed by atoms with Crippen LogP contribution in [0.15, 0.2) is 60.9 Å². The maximum absolute atomic E-state index is 12.3. The molecule has 120 valence electrons. The van der Waals surface area contributed by atoms with E-state index in [9.17, 15) is 14.9 Å². The molecule has 1 N–H and O–H groups in total. The predicted molar refractivity (Wildman–Crippen MR) is 89.6 cm³/mol. The summed E-state index contributed by atoms with van der Waals surface area (Å²) in [5.74, 6) is -0.465. The van der Waals surface area contributed by atoms with Crippen LogP contribution in [-0.2, 0) is 0 Å². The minimum Gasteiger partial charge on any atom is -0.322 e. The second-order valence-corrected chi connectivity index (χ2v) is 5.31. The van der Waals surface area contributed by atoms with Crippen molar-refractivity contribution in [3.05, 3.63) is 81.6 Å². The van der Waals surface area contributed by atoms with E-state index in [1.807, 2.05) is 0 Å². The summed E-state index contributed by atoms with van der Waals surface area (Å²) in [6.07, 6.45) is 3.11. The summed E-state index contributed by atoms with van der Waals surface area (Å²) < 4.78 is 1.37. The third kappa shape index (κ3) is 3.26. The van der Waals surface area contributed by atoms with Crippen LogP contribution in [0.5, 0.6) is 0 Å². The molecule has 1 aromatic heterocycles. The first-order valence-corrected chi connectivity index (χ1v) is 7.28. The molecule has 0 atom stereocenters. The summed E-state index contributed by atoms with van der Waals surface area (Å²) in [5.41, 5.74) is 0.741. The molecule has 0 bridgehead atoms. The quantitative estimate of drug-likeness (QED) is 0.578. The van der Waals surface area contributed by atoms with Crippen molar-refractivity contribution in [3.8, 4) is 5.69 Å². The molecule has 0 saturated heterocycles. The number of halogens is 1. The molecular formula is C16H11ClN4O3. The van der Waals surface area contributed by atoms with Gasteiger partial charge in [0, 0.05) is 34.7 Å². The number of anilines is 1. The lowest BCUT2D eigenvalue weighted by Gasteiger charge is -2.08. The number of benzene rings is 2. The lowest BCUT2D eigenvalue weighted by molar-refractivity contribution is -0.384. The average Bonchev–Trinajstić information content (AvgIpc) is 3.08. The highest BCUT2D eigenvalue weighted by Gasteiger charge is 2.19. The normalized spacial score (nSPS) is 10.4. The molecule has 0 aliphatic heterocycles. The third-order valence-electron chi connectivity index (χ3n) is 3.27. The maximum atomic E-state index is 12.3. The van der Waals surface area contributed by atoms with Gasteiger partial charge in [-0.15, -0.1) is 0 Å². The van der Waals surface area contributed by atoms with Gasteiger partial charge in [0.05, 0.1) is 4.92 Å². The number of nitro groups is 1. The second kappa shape index (κ2) is 6.51. The van der Waals surface area contributed by atoms with E-state index in [0.717, 1.165) is 0 Å². The molecule has 1 amide bonds. The molecule has 0 fully saturated rings. The van der Waals surface area contributed by atoms with Crippen molar-refractivity contribution in [3.63, 3.8) is 0 Å². The van der Waals surface area contributed by atoms with E-state index < -0.39 is 10.8 Å². The fourth-order valence-electron chi connectivity index (χ4n) is 2.19. The molecule has 0 aliphatic carbocycles. The minimum absolute atomic E-state index is 0.164. The molecular weight excluding hydrogens is 332 g/mol. The van der Waals surface area contributed by atoms with Gasteiger partial charge in [-0.2, -0.15) is 5.10 Å². The molecule has 3 rings (SSSR count). The van der Waals surface area contributed by atoms with Crippen molar-refractivity contribution >= 4 is 28.9 Å². The van der Waals surface area contributed by atoms with E-state index in [-0.39, 0.29) is 16.9 Å². The first kappa shape index (κ1) is 15.7. The van der Waals surface area contributed by atoms with Gasteiger partial charge in [0.25, 0.3) is 11.6 Å². The molecule has 0 saturated carbocycles. The molecule has 0 unspecified atom stereocenters. The number of aromatic nitrogens is 2. The Morgan fingerprint density at radius 2 is 2.04 bits per heavy atom. The van der Waals surface area contributed by atoms with Gasteiger partial charge in [-0.1, -0.05) is 17.7 Å². The van der Waals surface area contributed by atoms with Gasteiger partial charge in [0.2, 0.25) is 0 Å². The van der Waals surface area contributed by atoms with E-state index in [4.69, 9.17) is 11.6 Å². The predicted octanol–water partition coefficient (Wildman–Crippen LogP) is 3.69. The van der Waals surface area contributed by atoms with E-state index in [1.54, 1.807) is 36.5 Å². The summed E-state index contributed by atoms with van der Waals surface area (Å²) in [6.45, 7) is 0. The van der Waals surface area contributed by atoms with Crippen molar-refractivity contribution in [2.24, 2.45) is 0 Å². The molecule has 2 aromatic carbocycles. The second-order valence-electron chi connectivity index (χ2n) is 4.88. The Hall–Kier alpha value is -3.19. The molecule has 0 spiro atoms. The van der Waals surface area contributed by atoms with Crippen LogP contribution >= 0.6 is 11.6 Å². The smallest absolute Gasteiger partial charge is 0.295 e. The molecule has 0 radical (unpaired) electrons. The van der Waals surface area contributed by atoms with Crippen LogP contribution in [0.4, 0.5) is 11.4 Å².